The highest BCUT2D eigenvalue weighted by atomic mass is 16.5. The van der Waals surface area contributed by atoms with Crippen LogP contribution in [0.4, 0.5) is 0 Å². The molecule has 0 heterocycles. The monoisotopic (exact) mass is 251 g/mol. The van der Waals surface area contributed by atoms with Crippen molar-refractivity contribution in [3.8, 4) is 5.75 Å². The molecule has 3 nitrogen and oxygen atoms in total. The number of nitrogens with one attached hydrogen (secondary N) is 1. The van der Waals surface area contributed by atoms with Gasteiger partial charge in [-0.05, 0) is 26.5 Å². The molecule has 0 saturated carbocycles. The molecule has 3 heteroatoms. The zero-order valence-electron chi connectivity index (χ0n) is 11.8. The topological polar surface area (TPSA) is 30.5 Å². The van der Waals surface area contributed by atoms with Crippen LogP contribution in [0, 0.1) is 6.92 Å². The number of ether oxygens (including phenoxy) is 2. The molecule has 0 aromatic heterocycles. The molecular formula is C15H25NO2. The highest BCUT2D eigenvalue weighted by Crippen LogP contribution is 2.19. The summed E-state index contributed by atoms with van der Waals surface area (Å²) in [7, 11) is 1.94. The van der Waals surface area contributed by atoms with Gasteiger partial charge < -0.3 is 14.8 Å². The molecule has 0 unspecified atom stereocenters. The molecule has 18 heavy (non-hydrogen) atoms. The van der Waals surface area contributed by atoms with Crippen LogP contribution >= 0.6 is 0 Å². The molecule has 0 bridgehead atoms. The summed E-state index contributed by atoms with van der Waals surface area (Å²) in [5.74, 6) is 0.953. The van der Waals surface area contributed by atoms with Crippen LogP contribution in [0.25, 0.3) is 0 Å². The van der Waals surface area contributed by atoms with E-state index in [4.69, 9.17) is 9.47 Å². The lowest BCUT2D eigenvalue weighted by atomic mass is 10.1. The summed E-state index contributed by atoms with van der Waals surface area (Å²) in [6.45, 7) is 7.19. The minimum absolute atomic E-state index is 0.615. The van der Waals surface area contributed by atoms with Crippen LogP contribution in [0.1, 0.15) is 30.9 Å². The first-order valence-corrected chi connectivity index (χ1v) is 6.72. The summed E-state index contributed by atoms with van der Waals surface area (Å²) in [6.07, 6.45) is 2.29. The van der Waals surface area contributed by atoms with E-state index in [0.717, 1.165) is 25.3 Å². The van der Waals surface area contributed by atoms with E-state index >= 15 is 0 Å². The van der Waals surface area contributed by atoms with E-state index in [1.54, 1.807) is 0 Å². The lowest BCUT2D eigenvalue weighted by Gasteiger charge is -2.12. The highest BCUT2D eigenvalue weighted by molar-refractivity contribution is 5.36. The molecule has 0 atom stereocenters. The molecule has 1 aromatic rings. The third-order valence-corrected chi connectivity index (χ3v) is 2.71. The Bertz CT molecular complexity index is 339. The average molecular weight is 251 g/mol. The van der Waals surface area contributed by atoms with E-state index in [-0.39, 0.29) is 0 Å². The third kappa shape index (κ3) is 5.52. The zero-order chi connectivity index (χ0) is 13.2. The predicted molar refractivity (Wildman–Crippen MR) is 75.2 cm³/mol. The van der Waals surface area contributed by atoms with Crippen LogP contribution in [0.15, 0.2) is 18.2 Å². The van der Waals surface area contributed by atoms with Crippen molar-refractivity contribution in [2.75, 3.05) is 26.9 Å². The Morgan fingerprint density at radius 3 is 2.72 bits per heavy atom. The van der Waals surface area contributed by atoms with Crippen molar-refractivity contribution in [2.24, 2.45) is 0 Å². The first kappa shape index (κ1) is 15.0. The standard InChI is InChI=1S/C15H25NO2/c1-4-5-8-17-9-10-18-15-7-6-13(2)11-14(15)12-16-3/h6-7,11,16H,4-5,8-10,12H2,1-3H3. The van der Waals surface area contributed by atoms with Gasteiger partial charge in [0.15, 0.2) is 0 Å². The van der Waals surface area contributed by atoms with Crippen molar-refractivity contribution in [1.29, 1.82) is 0 Å². The molecule has 0 aliphatic heterocycles. The van der Waals surface area contributed by atoms with Crippen LogP contribution in [0.5, 0.6) is 5.75 Å². The second kappa shape index (κ2) is 8.95. The number of hydrogen-bond donors (Lipinski definition) is 1. The molecule has 1 N–H and O–H groups in total. The molecule has 0 radical (unpaired) electrons. The lowest BCUT2D eigenvalue weighted by Crippen LogP contribution is -2.11. The largest absolute Gasteiger partial charge is 0.491 e. The molecule has 0 spiro atoms. The summed E-state index contributed by atoms with van der Waals surface area (Å²) in [6, 6.07) is 6.27. The Morgan fingerprint density at radius 1 is 1.17 bits per heavy atom. The van der Waals surface area contributed by atoms with Crippen molar-refractivity contribution in [3.05, 3.63) is 29.3 Å². The fourth-order valence-corrected chi connectivity index (χ4v) is 1.74. The van der Waals surface area contributed by atoms with Gasteiger partial charge in [-0.15, -0.1) is 0 Å². The van der Waals surface area contributed by atoms with Crippen molar-refractivity contribution in [1.82, 2.24) is 5.32 Å². The maximum atomic E-state index is 5.76. The third-order valence-electron chi connectivity index (χ3n) is 2.71. The number of unbranched alkanes of at least 4 members (excludes halogenated alkanes) is 1. The summed E-state index contributed by atoms with van der Waals surface area (Å²) < 4.78 is 11.2. The van der Waals surface area contributed by atoms with Crippen molar-refractivity contribution < 1.29 is 9.47 Å². The van der Waals surface area contributed by atoms with Crippen LogP contribution in [-0.2, 0) is 11.3 Å². The van der Waals surface area contributed by atoms with Gasteiger partial charge in [-0.25, -0.2) is 0 Å². The maximum Gasteiger partial charge on any atom is 0.123 e. The van der Waals surface area contributed by atoms with Gasteiger partial charge in [0, 0.05) is 18.7 Å². The molecule has 0 aliphatic rings. The first-order chi connectivity index (χ1) is 8.77. The quantitative estimate of drug-likeness (QED) is 0.685. The Hall–Kier alpha value is -1.06. The normalized spacial score (nSPS) is 10.6. The van der Waals surface area contributed by atoms with E-state index in [9.17, 15) is 0 Å². The van der Waals surface area contributed by atoms with Gasteiger partial charge in [0.1, 0.15) is 12.4 Å². The molecule has 0 saturated heterocycles. The summed E-state index contributed by atoms with van der Waals surface area (Å²) in [5, 5.41) is 3.16. The van der Waals surface area contributed by atoms with Gasteiger partial charge in [-0.2, -0.15) is 0 Å². The van der Waals surface area contributed by atoms with Crippen LogP contribution in [0.2, 0.25) is 0 Å². The van der Waals surface area contributed by atoms with Crippen LogP contribution in [0.3, 0.4) is 0 Å². The van der Waals surface area contributed by atoms with Gasteiger partial charge in [-0.3, -0.25) is 0 Å². The maximum absolute atomic E-state index is 5.76. The molecule has 0 fully saturated rings. The SMILES string of the molecule is CCCCOCCOc1ccc(C)cc1CNC. The second-order valence-electron chi connectivity index (χ2n) is 4.46. The van der Waals surface area contributed by atoms with Gasteiger partial charge in [0.2, 0.25) is 0 Å². The van der Waals surface area contributed by atoms with Crippen molar-refractivity contribution >= 4 is 0 Å². The van der Waals surface area contributed by atoms with Gasteiger partial charge in [0.25, 0.3) is 0 Å². The minimum atomic E-state index is 0.615. The van der Waals surface area contributed by atoms with Gasteiger partial charge >= 0.3 is 0 Å². The minimum Gasteiger partial charge on any atom is -0.491 e. The van der Waals surface area contributed by atoms with Crippen LogP contribution < -0.4 is 10.1 Å². The fourth-order valence-electron chi connectivity index (χ4n) is 1.74. The Labute approximate surface area is 110 Å². The van der Waals surface area contributed by atoms with Gasteiger partial charge in [-0.1, -0.05) is 31.0 Å². The molecule has 0 amide bonds. The number of benzene rings is 1. The summed E-state index contributed by atoms with van der Waals surface area (Å²) >= 11 is 0. The Morgan fingerprint density at radius 2 is 2.00 bits per heavy atom. The summed E-state index contributed by atoms with van der Waals surface area (Å²) in [4.78, 5) is 0. The van der Waals surface area contributed by atoms with E-state index in [0.29, 0.717) is 13.2 Å². The second-order valence-corrected chi connectivity index (χ2v) is 4.46. The molecular weight excluding hydrogens is 226 g/mol. The molecule has 0 aliphatic carbocycles. The smallest absolute Gasteiger partial charge is 0.123 e. The zero-order valence-corrected chi connectivity index (χ0v) is 11.8. The Kier molecular flexibility index (Phi) is 7.46. The van der Waals surface area contributed by atoms with E-state index in [1.165, 1.54) is 17.5 Å². The molecule has 102 valence electrons. The van der Waals surface area contributed by atoms with E-state index in [2.05, 4.69) is 31.3 Å². The number of hydrogen-bond acceptors (Lipinski definition) is 3. The van der Waals surface area contributed by atoms with E-state index < -0.39 is 0 Å². The number of aryl methyl sites for hydroxylation is 1. The predicted octanol–water partition coefficient (Wildman–Crippen LogP) is 2.91. The lowest BCUT2D eigenvalue weighted by molar-refractivity contribution is 0.0977. The first-order valence-electron chi connectivity index (χ1n) is 6.72. The molecule has 1 aromatic carbocycles. The summed E-state index contributed by atoms with van der Waals surface area (Å²) in [5.41, 5.74) is 2.46. The van der Waals surface area contributed by atoms with Crippen LogP contribution in [-0.4, -0.2) is 26.9 Å². The molecule has 1 rings (SSSR count). The Balaban J connectivity index is 2.36. The number of rotatable bonds is 9. The van der Waals surface area contributed by atoms with Crippen molar-refractivity contribution in [3.63, 3.8) is 0 Å². The van der Waals surface area contributed by atoms with E-state index in [1.807, 2.05) is 13.1 Å². The highest BCUT2D eigenvalue weighted by Gasteiger charge is 2.03. The van der Waals surface area contributed by atoms with Gasteiger partial charge in [0.05, 0.1) is 6.61 Å². The average Bonchev–Trinajstić information content (AvgIpc) is 2.36. The van der Waals surface area contributed by atoms with Crippen molar-refractivity contribution in [2.45, 2.75) is 33.2 Å². The fraction of sp³-hybridized carbons (Fsp3) is 0.600.